The minimum absolute atomic E-state index is 0.0200. The maximum atomic E-state index is 12.8. The third-order valence-electron chi connectivity index (χ3n) is 4.19. The lowest BCUT2D eigenvalue weighted by Gasteiger charge is -2.12. The first kappa shape index (κ1) is 18.9. The molecule has 2 aromatic carbocycles. The normalized spacial score (nSPS) is 11.7. The van der Waals surface area contributed by atoms with Crippen molar-refractivity contribution in [3.63, 3.8) is 0 Å². The van der Waals surface area contributed by atoms with Gasteiger partial charge >= 0.3 is 0 Å². The van der Waals surface area contributed by atoms with E-state index in [2.05, 4.69) is 14.9 Å². The Hall–Kier alpha value is -3.39. The van der Waals surface area contributed by atoms with Gasteiger partial charge in [-0.3, -0.25) is 9.12 Å². The van der Waals surface area contributed by atoms with Crippen LogP contribution in [0.4, 0.5) is 5.69 Å². The number of hydrogen-bond acceptors (Lipinski definition) is 5. The average Bonchev–Trinajstić information content (AvgIpc) is 3.12. The van der Waals surface area contributed by atoms with Crippen LogP contribution in [0.1, 0.15) is 13.8 Å². The van der Waals surface area contributed by atoms with Gasteiger partial charge in [0.05, 0.1) is 11.0 Å². The minimum Gasteiger partial charge on any atom is -0.491 e. The molecule has 8 heteroatoms. The Morgan fingerprint density at radius 2 is 1.76 bits per heavy atom. The molecule has 0 aliphatic carbocycles. The van der Waals surface area contributed by atoms with Gasteiger partial charge in [0, 0.05) is 17.4 Å². The lowest BCUT2D eigenvalue weighted by atomic mass is 10.2. The van der Waals surface area contributed by atoms with Gasteiger partial charge in [-0.15, -0.1) is 10.2 Å². The molecule has 2 heterocycles. The molecule has 0 radical (unpaired) electrons. The van der Waals surface area contributed by atoms with Crippen molar-refractivity contribution < 1.29 is 13.2 Å². The van der Waals surface area contributed by atoms with Gasteiger partial charge in [-0.05, 0) is 62.4 Å². The van der Waals surface area contributed by atoms with Crippen molar-refractivity contribution in [2.24, 2.45) is 0 Å². The quantitative estimate of drug-likeness (QED) is 0.521. The monoisotopic (exact) mass is 408 g/mol. The first-order valence-corrected chi connectivity index (χ1v) is 10.6. The number of sulfonamides is 1. The van der Waals surface area contributed by atoms with Gasteiger partial charge < -0.3 is 4.74 Å². The van der Waals surface area contributed by atoms with E-state index >= 15 is 0 Å². The van der Waals surface area contributed by atoms with Gasteiger partial charge in [0.1, 0.15) is 5.75 Å². The molecule has 0 aliphatic rings. The first-order chi connectivity index (χ1) is 13.9. The van der Waals surface area contributed by atoms with Crippen molar-refractivity contribution in [2.45, 2.75) is 24.8 Å². The van der Waals surface area contributed by atoms with Crippen LogP contribution in [0.3, 0.4) is 0 Å². The SMILES string of the molecule is CC(C)Oc1ccc(S(=O)(=O)Nc2cccc(-c3nnc4ccccn34)c2)cc1. The topological polar surface area (TPSA) is 85.6 Å². The molecule has 0 atom stereocenters. The molecule has 4 rings (SSSR count). The second-order valence-electron chi connectivity index (χ2n) is 6.78. The number of nitrogens with one attached hydrogen (secondary N) is 1. The zero-order valence-corrected chi connectivity index (χ0v) is 16.8. The number of anilines is 1. The Bertz CT molecular complexity index is 1250. The number of rotatable bonds is 6. The Morgan fingerprint density at radius 1 is 0.966 bits per heavy atom. The fraction of sp³-hybridized carbons (Fsp3) is 0.143. The molecule has 0 spiro atoms. The van der Waals surface area contributed by atoms with E-state index in [1.54, 1.807) is 30.3 Å². The van der Waals surface area contributed by atoms with E-state index in [0.717, 1.165) is 11.2 Å². The molecule has 2 aromatic heterocycles. The van der Waals surface area contributed by atoms with Gasteiger partial charge in [-0.25, -0.2) is 8.42 Å². The summed E-state index contributed by atoms with van der Waals surface area (Å²) in [4.78, 5) is 0.159. The van der Waals surface area contributed by atoms with Crippen LogP contribution in [0.5, 0.6) is 5.75 Å². The van der Waals surface area contributed by atoms with Crippen LogP contribution in [0.25, 0.3) is 17.0 Å². The number of aromatic nitrogens is 3. The van der Waals surface area contributed by atoms with E-state index in [-0.39, 0.29) is 11.0 Å². The highest BCUT2D eigenvalue weighted by Gasteiger charge is 2.16. The number of pyridine rings is 1. The highest BCUT2D eigenvalue weighted by Crippen LogP contribution is 2.24. The molecule has 1 N–H and O–H groups in total. The summed E-state index contributed by atoms with van der Waals surface area (Å²) in [5, 5.41) is 8.35. The maximum absolute atomic E-state index is 12.8. The molecular weight excluding hydrogens is 388 g/mol. The van der Waals surface area contributed by atoms with E-state index < -0.39 is 10.0 Å². The van der Waals surface area contributed by atoms with E-state index in [9.17, 15) is 8.42 Å². The second kappa shape index (κ2) is 7.56. The molecule has 29 heavy (non-hydrogen) atoms. The standard InChI is InChI=1S/C21H20N4O3S/c1-15(2)28-18-9-11-19(12-10-18)29(26,27)24-17-7-5-6-16(14-17)21-23-22-20-8-3-4-13-25(20)21/h3-15,24H,1-2H3. The van der Waals surface area contributed by atoms with E-state index in [0.29, 0.717) is 17.3 Å². The average molecular weight is 408 g/mol. The summed E-state index contributed by atoms with van der Waals surface area (Å²) in [6, 6.07) is 19.0. The van der Waals surface area contributed by atoms with Crippen molar-refractivity contribution in [3.05, 3.63) is 72.9 Å². The van der Waals surface area contributed by atoms with E-state index in [4.69, 9.17) is 4.74 Å². The summed E-state index contributed by atoms with van der Waals surface area (Å²) in [6.45, 7) is 3.83. The molecule has 0 saturated carbocycles. The molecule has 0 bridgehead atoms. The molecule has 148 valence electrons. The molecule has 0 aliphatic heterocycles. The van der Waals surface area contributed by atoms with Crippen LogP contribution in [0.15, 0.2) is 77.8 Å². The predicted molar refractivity (Wildman–Crippen MR) is 111 cm³/mol. The van der Waals surface area contributed by atoms with Crippen molar-refractivity contribution in [3.8, 4) is 17.1 Å². The Kier molecular flexibility index (Phi) is 4.94. The lowest BCUT2D eigenvalue weighted by Crippen LogP contribution is -2.13. The summed E-state index contributed by atoms with van der Waals surface area (Å²) in [7, 11) is -3.74. The fourth-order valence-corrected chi connectivity index (χ4v) is 3.99. The van der Waals surface area contributed by atoms with Gasteiger partial charge in [0.25, 0.3) is 10.0 Å². The highest BCUT2D eigenvalue weighted by molar-refractivity contribution is 7.92. The largest absolute Gasteiger partial charge is 0.491 e. The number of nitrogens with zero attached hydrogens (tertiary/aromatic N) is 3. The van der Waals surface area contributed by atoms with Crippen molar-refractivity contribution in [2.75, 3.05) is 4.72 Å². The number of benzene rings is 2. The molecule has 0 saturated heterocycles. The van der Waals surface area contributed by atoms with Gasteiger partial charge in [0.2, 0.25) is 0 Å². The summed E-state index contributed by atoms with van der Waals surface area (Å²) in [5.74, 6) is 1.26. The lowest BCUT2D eigenvalue weighted by molar-refractivity contribution is 0.242. The third kappa shape index (κ3) is 4.07. The first-order valence-electron chi connectivity index (χ1n) is 9.12. The van der Waals surface area contributed by atoms with Gasteiger partial charge in [0.15, 0.2) is 11.5 Å². The highest BCUT2D eigenvalue weighted by atomic mass is 32.2. The summed E-state index contributed by atoms with van der Waals surface area (Å²) in [6.07, 6.45) is 1.88. The van der Waals surface area contributed by atoms with Crippen molar-refractivity contribution in [1.82, 2.24) is 14.6 Å². The Morgan fingerprint density at radius 3 is 2.52 bits per heavy atom. The van der Waals surface area contributed by atoms with Crippen molar-refractivity contribution >= 4 is 21.4 Å². The second-order valence-corrected chi connectivity index (χ2v) is 8.46. The molecular formula is C21H20N4O3S. The van der Waals surface area contributed by atoms with E-state index in [1.807, 2.05) is 48.7 Å². The third-order valence-corrected chi connectivity index (χ3v) is 5.59. The predicted octanol–water partition coefficient (Wildman–Crippen LogP) is 3.98. The Balaban J connectivity index is 1.60. The molecule has 4 aromatic rings. The maximum Gasteiger partial charge on any atom is 0.261 e. The van der Waals surface area contributed by atoms with Gasteiger partial charge in [-0.1, -0.05) is 18.2 Å². The smallest absolute Gasteiger partial charge is 0.261 e. The minimum atomic E-state index is -3.74. The van der Waals surface area contributed by atoms with Crippen LogP contribution in [0, 0.1) is 0 Å². The molecule has 0 unspecified atom stereocenters. The van der Waals surface area contributed by atoms with Crippen LogP contribution in [0.2, 0.25) is 0 Å². The van der Waals surface area contributed by atoms with E-state index in [1.165, 1.54) is 12.1 Å². The summed E-state index contributed by atoms with van der Waals surface area (Å²) >= 11 is 0. The zero-order chi connectivity index (χ0) is 20.4. The zero-order valence-electron chi connectivity index (χ0n) is 16.0. The van der Waals surface area contributed by atoms with Crippen LogP contribution < -0.4 is 9.46 Å². The van der Waals surface area contributed by atoms with Crippen LogP contribution >= 0.6 is 0 Å². The summed E-state index contributed by atoms with van der Waals surface area (Å²) in [5.41, 5.74) is 1.92. The fourth-order valence-electron chi connectivity index (χ4n) is 2.94. The molecule has 7 nitrogen and oxygen atoms in total. The molecule has 0 fully saturated rings. The Labute approximate surface area is 169 Å². The number of hydrogen-bond donors (Lipinski definition) is 1. The molecule has 0 amide bonds. The van der Waals surface area contributed by atoms with Crippen LogP contribution in [-0.4, -0.2) is 29.1 Å². The number of ether oxygens (including phenoxy) is 1. The number of fused-ring (bicyclic) bond motifs is 1. The van der Waals surface area contributed by atoms with Gasteiger partial charge in [-0.2, -0.15) is 0 Å². The van der Waals surface area contributed by atoms with Crippen molar-refractivity contribution in [1.29, 1.82) is 0 Å². The van der Waals surface area contributed by atoms with Crippen LogP contribution in [-0.2, 0) is 10.0 Å². The summed E-state index contributed by atoms with van der Waals surface area (Å²) < 4.78 is 35.5.